The third kappa shape index (κ3) is 3.91. The summed E-state index contributed by atoms with van der Waals surface area (Å²) in [6, 6.07) is 21.5. The molecule has 0 aliphatic carbocycles. The second-order valence-corrected chi connectivity index (χ2v) is 4.83. The minimum Gasteiger partial charge on any atom is -0.329 e. The molecule has 0 heterocycles. The lowest BCUT2D eigenvalue weighted by Gasteiger charge is -2.29. The van der Waals surface area contributed by atoms with Gasteiger partial charge in [0.05, 0.1) is 0 Å². The average Bonchev–Trinajstić information content (AvgIpc) is 2.48. The summed E-state index contributed by atoms with van der Waals surface area (Å²) in [6.45, 7) is 4.77. The largest absolute Gasteiger partial charge is 0.329 e. The summed E-state index contributed by atoms with van der Waals surface area (Å²) in [5, 5.41) is 0. The first-order valence-corrected chi connectivity index (χ1v) is 6.84. The number of nitrogens with two attached hydrogens (primary N) is 1. The third-order valence-corrected chi connectivity index (χ3v) is 3.47. The van der Waals surface area contributed by atoms with Crippen LogP contribution in [0.15, 0.2) is 60.7 Å². The van der Waals surface area contributed by atoms with Crippen molar-refractivity contribution in [3.8, 4) is 0 Å². The van der Waals surface area contributed by atoms with E-state index < -0.39 is 0 Å². The Morgan fingerprint density at radius 3 is 2.11 bits per heavy atom. The van der Waals surface area contributed by atoms with Gasteiger partial charge in [0.25, 0.3) is 0 Å². The summed E-state index contributed by atoms with van der Waals surface area (Å²) in [7, 11) is 0. The molecular weight excluding hydrogens is 232 g/mol. The molecule has 0 saturated heterocycles. The average molecular weight is 254 g/mol. The van der Waals surface area contributed by atoms with E-state index in [0.717, 1.165) is 13.1 Å². The molecule has 0 fully saturated rings. The van der Waals surface area contributed by atoms with Gasteiger partial charge in [-0.25, -0.2) is 0 Å². The van der Waals surface area contributed by atoms with E-state index in [1.807, 2.05) is 0 Å². The van der Waals surface area contributed by atoms with Gasteiger partial charge in [-0.2, -0.15) is 0 Å². The van der Waals surface area contributed by atoms with Crippen LogP contribution in [-0.2, 0) is 6.54 Å². The van der Waals surface area contributed by atoms with Gasteiger partial charge in [-0.15, -0.1) is 0 Å². The van der Waals surface area contributed by atoms with E-state index in [0.29, 0.717) is 12.6 Å². The number of rotatable bonds is 6. The molecule has 0 aliphatic heterocycles. The fourth-order valence-electron chi connectivity index (χ4n) is 2.34. The first-order chi connectivity index (χ1) is 9.31. The highest BCUT2D eigenvalue weighted by molar-refractivity contribution is 5.20. The van der Waals surface area contributed by atoms with Crippen LogP contribution in [0.1, 0.15) is 24.1 Å². The summed E-state index contributed by atoms with van der Waals surface area (Å²) in [6.07, 6.45) is 0. The molecule has 2 aromatic carbocycles. The lowest BCUT2D eigenvalue weighted by molar-refractivity contribution is 0.207. The number of hydrogen-bond acceptors (Lipinski definition) is 2. The van der Waals surface area contributed by atoms with E-state index in [4.69, 9.17) is 5.73 Å². The first-order valence-electron chi connectivity index (χ1n) is 6.84. The van der Waals surface area contributed by atoms with Crippen LogP contribution >= 0.6 is 0 Å². The van der Waals surface area contributed by atoms with Crippen LogP contribution in [0, 0.1) is 0 Å². The monoisotopic (exact) mass is 254 g/mol. The van der Waals surface area contributed by atoms with Crippen LogP contribution in [0.25, 0.3) is 0 Å². The zero-order valence-corrected chi connectivity index (χ0v) is 11.5. The molecule has 0 amide bonds. The van der Waals surface area contributed by atoms with Crippen LogP contribution in [-0.4, -0.2) is 18.0 Å². The lowest BCUT2D eigenvalue weighted by atomic mass is 10.1. The summed E-state index contributed by atoms with van der Waals surface area (Å²) in [4.78, 5) is 2.42. The molecule has 2 aromatic rings. The standard InChI is InChI=1S/C17H22N2/c1-15(17-10-6-3-7-11-17)19(13-12-18)14-16-8-4-2-5-9-16/h2-11,15H,12-14,18H2,1H3. The van der Waals surface area contributed by atoms with Crippen molar-refractivity contribution >= 4 is 0 Å². The number of nitrogens with zero attached hydrogens (tertiary/aromatic N) is 1. The van der Waals surface area contributed by atoms with Crippen molar-refractivity contribution in [1.82, 2.24) is 4.90 Å². The minimum absolute atomic E-state index is 0.380. The Morgan fingerprint density at radius 1 is 0.947 bits per heavy atom. The van der Waals surface area contributed by atoms with Gasteiger partial charge in [0.15, 0.2) is 0 Å². The SMILES string of the molecule is CC(c1ccccc1)N(CCN)Cc1ccccc1. The Hall–Kier alpha value is -1.64. The predicted molar refractivity (Wildman–Crippen MR) is 80.8 cm³/mol. The predicted octanol–water partition coefficient (Wildman–Crippen LogP) is 3.21. The van der Waals surface area contributed by atoms with Gasteiger partial charge in [-0.1, -0.05) is 60.7 Å². The molecule has 0 aliphatic rings. The van der Waals surface area contributed by atoms with Crippen molar-refractivity contribution in [2.45, 2.75) is 19.5 Å². The van der Waals surface area contributed by atoms with Crippen molar-refractivity contribution in [2.24, 2.45) is 5.73 Å². The van der Waals surface area contributed by atoms with E-state index in [-0.39, 0.29) is 0 Å². The molecule has 0 saturated carbocycles. The van der Waals surface area contributed by atoms with Gasteiger partial charge in [-0.3, -0.25) is 4.90 Å². The molecule has 0 aromatic heterocycles. The Labute approximate surface area is 115 Å². The fraction of sp³-hybridized carbons (Fsp3) is 0.294. The van der Waals surface area contributed by atoms with Gasteiger partial charge in [0.1, 0.15) is 0 Å². The van der Waals surface area contributed by atoms with E-state index in [1.54, 1.807) is 0 Å². The normalized spacial score (nSPS) is 12.6. The Balaban J connectivity index is 2.11. The molecule has 2 heteroatoms. The smallest absolute Gasteiger partial charge is 0.0323 e. The van der Waals surface area contributed by atoms with Crippen LogP contribution in [0.5, 0.6) is 0 Å². The van der Waals surface area contributed by atoms with Gasteiger partial charge >= 0.3 is 0 Å². The zero-order chi connectivity index (χ0) is 13.5. The summed E-state index contributed by atoms with van der Waals surface area (Å²) in [5.41, 5.74) is 8.43. The summed E-state index contributed by atoms with van der Waals surface area (Å²) in [5.74, 6) is 0. The molecule has 2 rings (SSSR count). The molecule has 1 atom stereocenters. The molecule has 0 bridgehead atoms. The van der Waals surface area contributed by atoms with Crippen molar-refractivity contribution in [1.29, 1.82) is 0 Å². The van der Waals surface area contributed by atoms with Crippen LogP contribution < -0.4 is 5.73 Å². The van der Waals surface area contributed by atoms with E-state index in [9.17, 15) is 0 Å². The highest BCUT2D eigenvalue weighted by Crippen LogP contribution is 2.21. The summed E-state index contributed by atoms with van der Waals surface area (Å²) < 4.78 is 0. The third-order valence-electron chi connectivity index (χ3n) is 3.47. The second kappa shape index (κ2) is 7.07. The van der Waals surface area contributed by atoms with E-state index in [2.05, 4.69) is 72.5 Å². The molecule has 0 spiro atoms. The Bertz CT molecular complexity index is 467. The maximum atomic E-state index is 5.76. The quantitative estimate of drug-likeness (QED) is 0.857. The maximum absolute atomic E-state index is 5.76. The highest BCUT2D eigenvalue weighted by Gasteiger charge is 2.14. The second-order valence-electron chi connectivity index (χ2n) is 4.83. The molecular formula is C17H22N2. The molecule has 1 unspecified atom stereocenters. The maximum Gasteiger partial charge on any atom is 0.0323 e. The number of benzene rings is 2. The molecule has 100 valence electrons. The number of hydrogen-bond donors (Lipinski definition) is 1. The van der Waals surface area contributed by atoms with Crippen LogP contribution in [0.3, 0.4) is 0 Å². The van der Waals surface area contributed by atoms with E-state index >= 15 is 0 Å². The van der Waals surface area contributed by atoms with Gasteiger partial charge in [0, 0.05) is 25.7 Å². The van der Waals surface area contributed by atoms with E-state index in [1.165, 1.54) is 11.1 Å². The van der Waals surface area contributed by atoms with Gasteiger partial charge < -0.3 is 5.73 Å². The summed E-state index contributed by atoms with van der Waals surface area (Å²) >= 11 is 0. The zero-order valence-electron chi connectivity index (χ0n) is 11.5. The van der Waals surface area contributed by atoms with Crippen molar-refractivity contribution in [2.75, 3.05) is 13.1 Å². The molecule has 0 radical (unpaired) electrons. The topological polar surface area (TPSA) is 29.3 Å². The van der Waals surface area contributed by atoms with Crippen molar-refractivity contribution < 1.29 is 0 Å². The van der Waals surface area contributed by atoms with Crippen molar-refractivity contribution in [3.63, 3.8) is 0 Å². The van der Waals surface area contributed by atoms with Gasteiger partial charge in [0.2, 0.25) is 0 Å². The van der Waals surface area contributed by atoms with Crippen LogP contribution in [0.4, 0.5) is 0 Å². The molecule has 19 heavy (non-hydrogen) atoms. The Morgan fingerprint density at radius 2 is 1.53 bits per heavy atom. The van der Waals surface area contributed by atoms with Crippen LogP contribution in [0.2, 0.25) is 0 Å². The molecule has 2 N–H and O–H groups in total. The van der Waals surface area contributed by atoms with Crippen molar-refractivity contribution in [3.05, 3.63) is 71.8 Å². The lowest BCUT2D eigenvalue weighted by Crippen LogP contribution is -2.31. The van der Waals surface area contributed by atoms with Gasteiger partial charge in [-0.05, 0) is 18.1 Å². The molecule has 2 nitrogen and oxygen atoms in total. The Kier molecular flexibility index (Phi) is 5.13. The minimum atomic E-state index is 0.380. The fourth-order valence-corrected chi connectivity index (χ4v) is 2.34. The highest BCUT2D eigenvalue weighted by atomic mass is 15.2. The first kappa shape index (κ1) is 13.8.